The Labute approximate surface area is 78.4 Å². The Morgan fingerprint density at radius 2 is 2.18 bits per heavy atom. The third-order valence-corrected chi connectivity index (χ3v) is 2.78. The average molecular weight is 196 g/mol. The maximum Gasteiger partial charge on any atom is 0.0461 e. The van der Waals surface area contributed by atoms with Gasteiger partial charge in [0, 0.05) is 23.8 Å². The Morgan fingerprint density at radius 1 is 1.36 bits per heavy atom. The molecule has 66 valence electrons. The lowest BCUT2D eigenvalue weighted by atomic mass is 10.0. The number of hydrogen-bond donors (Lipinski definition) is 1. The van der Waals surface area contributed by atoms with E-state index in [4.69, 9.17) is 23.2 Å². The molecule has 2 atom stereocenters. The van der Waals surface area contributed by atoms with E-state index in [2.05, 4.69) is 5.32 Å². The summed E-state index contributed by atoms with van der Waals surface area (Å²) in [5, 5.41) is 3.76. The van der Waals surface area contributed by atoms with Crippen LogP contribution in [0.15, 0.2) is 0 Å². The van der Waals surface area contributed by atoms with Gasteiger partial charge in [-0.15, -0.1) is 23.2 Å². The van der Waals surface area contributed by atoms with E-state index >= 15 is 0 Å². The van der Waals surface area contributed by atoms with E-state index in [1.54, 1.807) is 0 Å². The molecule has 0 bridgehead atoms. The number of nitrogens with one attached hydrogen (secondary N) is 1. The fraction of sp³-hybridized carbons (Fsp3) is 1.00. The summed E-state index contributed by atoms with van der Waals surface area (Å²) >= 11 is 11.5. The van der Waals surface area contributed by atoms with Crippen molar-refractivity contribution in [1.82, 2.24) is 5.32 Å². The van der Waals surface area contributed by atoms with Crippen molar-refractivity contribution in [2.75, 3.05) is 12.4 Å². The molecule has 0 aliphatic carbocycles. The van der Waals surface area contributed by atoms with Gasteiger partial charge in [0.05, 0.1) is 0 Å². The van der Waals surface area contributed by atoms with Crippen molar-refractivity contribution in [2.45, 2.75) is 37.1 Å². The first-order valence-corrected chi connectivity index (χ1v) is 5.23. The van der Waals surface area contributed by atoms with Gasteiger partial charge in [0.25, 0.3) is 0 Å². The molecule has 1 nitrogen and oxygen atoms in total. The number of piperidine rings is 1. The van der Waals surface area contributed by atoms with E-state index in [-0.39, 0.29) is 0 Å². The van der Waals surface area contributed by atoms with Crippen LogP contribution in [0.3, 0.4) is 0 Å². The number of rotatable bonds is 3. The van der Waals surface area contributed by atoms with Gasteiger partial charge in [-0.3, -0.25) is 0 Å². The molecule has 0 radical (unpaired) electrons. The summed E-state index contributed by atoms with van der Waals surface area (Å²) < 4.78 is 0. The standard InChI is InChI=1S/C8H15Cl2N/c9-5-1-2-8-4-3-7(10)6-11-8/h7-8,11H,1-6H2. The Hall–Kier alpha value is 0.540. The van der Waals surface area contributed by atoms with Crippen LogP contribution in [-0.2, 0) is 0 Å². The molecule has 1 rings (SSSR count). The summed E-state index contributed by atoms with van der Waals surface area (Å²) in [7, 11) is 0. The monoisotopic (exact) mass is 195 g/mol. The van der Waals surface area contributed by atoms with Crippen molar-refractivity contribution in [3.63, 3.8) is 0 Å². The van der Waals surface area contributed by atoms with Gasteiger partial charge in [-0.2, -0.15) is 0 Å². The fourth-order valence-corrected chi connectivity index (χ4v) is 1.82. The van der Waals surface area contributed by atoms with Gasteiger partial charge in [0.15, 0.2) is 0 Å². The highest BCUT2D eigenvalue weighted by atomic mass is 35.5. The lowest BCUT2D eigenvalue weighted by Crippen LogP contribution is -2.39. The summed E-state index contributed by atoms with van der Waals surface area (Å²) in [6.45, 7) is 0.967. The minimum absolute atomic E-state index is 0.349. The minimum atomic E-state index is 0.349. The second-order valence-corrected chi connectivity index (χ2v) is 4.11. The molecule has 1 saturated heterocycles. The quantitative estimate of drug-likeness (QED) is 0.683. The lowest BCUT2D eigenvalue weighted by Gasteiger charge is -2.26. The van der Waals surface area contributed by atoms with Crippen molar-refractivity contribution in [1.29, 1.82) is 0 Å². The summed E-state index contributed by atoms with van der Waals surface area (Å²) in [6.07, 6.45) is 4.69. The first kappa shape index (κ1) is 9.63. The third-order valence-electron chi connectivity index (χ3n) is 2.14. The molecule has 3 heteroatoms. The van der Waals surface area contributed by atoms with E-state index in [0.717, 1.165) is 25.3 Å². The van der Waals surface area contributed by atoms with Crippen LogP contribution in [0.1, 0.15) is 25.7 Å². The molecule has 0 spiro atoms. The molecule has 1 fully saturated rings. The Kier molecular flexibility index (Phi) is 4.58. The SMILES string of the molecule is ClCCCC1CCC(Cl)CN1. The van der Waals surface area contributed by atoms with Gasteiger partial charge >= 0.3 is 0 Å². The molecule has 2 unspecified atom stereocenters. The molecular formula is C8H15Cl2N. The largest absolute Gasteiger partial charge is 0.313 e. The van der Waals surface area contributed by atoms with Gasteiger partial charge in [-0.1, -0.05) is 0 Å². The van der Waals surface area contributed by atoms with Crippen molar-refractivity contribution >= 4 is 23.2 Å². The normalized spacial score (nSPS) is 32.2. The third kappa shape index (κ3) is 3.64. The van der Waals surface area contributed by atoms with Gasteiger partial charge in [0.2, 0.25) is 0 Å². The van der Waals surface area contributed by atoms with E-state index < -0.39 is 0 Å². The van der Waals surface area contributed by atoms with Crippen LogP contribution in [0.25, 0.3) is 0 Å². The molecule has 0 aromatic carbocycles. The zero-order valence-electron chi connectivity index (χ0n) is 6.65. The van der Waals surface area contributed by atoms with Crippen LogP contribution in [0.2, 0.25) is 0 Å². The molecule has 1 heterocycles. The first-order chi connectivity index (χ1) is 5.33. The molecule has 0 aromatic rings. The average Bonchev–Trinajstić information content (AvgIpc) is 2.04. The maximum absolute atomic E-state index is 5.93. The molecule has 1 N–H and O–H groups in total. The van der Waals surface area contributed by atoms with Gasteiger partial charge in [-0.05, 0) is 25.7 Å². The summed E-state index contributed by atoms with van der Waals surface area (Å²) in [6, 6.07) is 0.670. The van der Waals surface area contributed by atoms with E-state index in [1.807, 2.05) is 0 Å². The zero-order valence-corrected chi connectivity index (χ0v) is 8.17. The first-order valence-electron chi connectivity index (χ1n) is 4.26. The topological polar surface area (TPSA) is 12.0 Å². The molecular weight excluding hydrogens is 181 g/mol. The van der Waals surface area contributed by atoms with Crippen LogP contribution >= 0.6 is 23.2 Å². The number of halogens is 2. The highest BCUT2D eigenvalue weighted by Gasteiger charge is 2.17. The smallest absolute Gasteiger partial charge is 0.0461 e. The molecule has 0 aromatic heterocycles. The van der Waals surface area contributed by atoms with Crippen LogP contribution < -0.4 is 5.32 Å². The Bertz CT molecular complexity index is 97.5. The molecule has 1 aliphatic rings. The fourth-order valence-electron chi connectivity index (χ4n) is 1.45. The van der Waals surface area contributed by atoms with Crippen molar-refractivity contribution in [3.05, 3.63) is 0 Å². The second kappa shape index (κ2) is 5.23. The van der Waals surface area contributed by atoms with Crippen molar-refractivity contribution in [3.8, 4) is 0 Å². The predicted molar refractivity (Wildman–Crippen MR) is 50.6 cm³/mol. The molecule has 0 saturated carbocycles. The van der Waals surface area contributed by atoms with Crippen LogP contribution in [0, 0.1) is 0 Å². The summed E-state index contributed by atoms with van der Waals surface area (Å²) in [5.41, 5.74) is 0. The highest BCUT2D eigenvalue weighted by molar-refractivity contribution is 6.20. The number of hydrogen-bond acceptors (Lipinski definition) is 1. The second-order valence-electron chi connectivity index (χ2n) is 3.11. The Balaban J connectivity index is 2.07. The zero-order chi connectivity index (χ0) is 8.10. The van der Waals surface area contributed by atoms with Crippen molar-refractivity contribution < 1.29 is 0 Å². The molecule has 11 heavy (non-hydrogen) atoms. The summed E-state index contributed by atoms with van der Waals surface area (Å²) in [5.74, 6) is 0.780. The number of alkyl halides is 2. The van der Waals surface area contributed by atoms with Crippen molar-refractivity contribution in [2.24, 2.45) is 0 Å². The maximum atomic E-state index is 5.93. The van der Waals surface area contributed by atoms with E-state index in [9.17, 15) is 0 Å². The van der Waals surface area contributed by atoms with Gasteiger partial charge < -0.3 is 5.32 Å². The van der Waals surface area contributed by atoms with Crippen LogP contribution in [0.5, 0.6) is 0 Å². The van der Waals surface area contributed by atoms with Crippen LogP contribution in [-0.4, -0.2) is 23.8 Å². The lowest BCUT2D eigenvalue weighted by molar-refractivity contribution is 0.384. The van der Waals surface area contributed by atoms with Crippen LogP contribution in [0.4, 0.5) is 0 Å². The highest BCUT2D eigenvalue weighted by Crippen LogP contribution is 2.16. The minimum Gasteiger partial charge on any atom is -0.313 e. The molecule has 0 amide bonds. The van der Waals surface area contributed by atoms with E-state index in [0.29, 0.717) is 11.4 Å². The molecule has 1 aliphatic heterocycles. The van der Waals surface area contributed by atoms with Gasteiger partial charge in [-0.25, -0.2) is 0 Å². The van der Waals surface area contributed by atoms with Gasteiger partial charge in [0.1, 0.15) is 0 Å². The summed E-state index contributed by atoms with van der Waals surface area (Å²) in [4.78, 5) is 0. The van der Waals surface area contributed by atoms with E-state index in [1.165, 1.54) is 12.8 Å². The predicted octanol–water partition coefficient (Wildman–Crippen LogP) is 2.36. The Morgan fingerprint density at radius 3 is 2.73 bits per heavy atom.